The van der Waals surface area contributed by atoms with Gasteiger partial charge in [-0.05, 0) is 45.2 Å². The van der Waals surface area contributed by atoms with E-state index in [4.69, 9.17) is 0 Å². The van der Waals surface area contributed by atoms with E-state index in [0.29, 0.717) is 0 Å². The molecule has 9 heavy (non-hydrogen) atoms. The zero-order valence-electron chi connectivity index (χ0n) is 4.31. The Morgan fingerprint density at radius 1 is 1.11 bits per heavy atom. The maximum atomic E-state index is 3.76. The van der Waals surface area contributed by atoms with Gasteiger partial charge in [-0.25, -0.2) is 0 Å². The Morgan fingerprint density at radius 3 is 2.00 bits per heavy atom. The number of rotatable bonds is 0. The number of aliphatic imine (C=N–C) groups is 2. The molecule has 46 valence electrons. The Bertz CT molecular complexity index is 211. The molecule has 0 amide bonds. The van der Waals surface area contributed by atoms with Gasteiger partial charge in [-0.1, -0.05) is 0 Å². The summed E-state index contributed by atoms with van der Waals surface area (Å²) in [6.07, 6.45) is 3.46. The van der Waals surface area contributed by atoms with Gasteiger partial charge in [-0.15, -0.1) is 0 Å². The lowest BCUT2D eigenvalue weighted by Gasteiger charge is -1.87. The van der Waals surface area contributed by atoms with Gasteiger partial charge in [0.1, 0.15) is 0 Å². The summed E-state index contributed by atoms with van der Waals surface area (Å²) in [5, 5.41) is 0. The van der Waals surface area contributed by atoms with Gasteiger partial charge >= 0.3 is 0 Å². The van der Waals surface area contributed by atoms with Gasteiger partial charge in [0.25, 0.3) is 0 Å². The molecule has 2 nitrogen and oxygen atoms in total. The van der Waals surface area contributed by atoms with E-state index in [-0.39, 0.29) is 0 Å². The molecule has 0 atom stereocenters. The highest BCUT2D eigenvalue weighted by molar-refractivity contribution is 14.1. The Kier molecular flexibility index (Phi) is 2.87. The molecular formula is C5H2I2N2. The first-order valence-electron chi connectivity index (χ1n) is 2.17. The van der Waals surface area contributed by atoms with Crippen LogP contribution in [0.1, 0.15) is 0 Å². The predicted octanol–water partition coefficient (Wildman–Crippen LogP) is 2.73. The second-order valence-electron chi connectivity index (χ2n) is 1.31. The Labute approximate surface area is 80.1 Å². The zero-order chi connectivity index (χ0) is 6.69. The Morgan fingerprint density at radius 2 is 1.56 bits per heavy atom. The van der Waals surface area contributed by atoms with Crippen LogP contribution in [-0.4, -0.2) is 6.01 Å². The molecule has 0 unspecified atom stereocenters. The molecule has 0 saturated carbocycles. The van der Waals surface area contributed by atoms with E-state index < -0.39 is 0 Å². The molecule has 0 aromatic heterocycles. The number of halogens is 2. The van der Waals surface area contributed by atoms with Crippen molar-refractivity contribution in [1.82, 2.24) is 0 Å². The van der Waals surface area contributed by atoms with Crippen molar-refractivity contribution >= 4 is 51.2 Å². The highest BCUT2D eigenvalue weighted by atomic mass is 127. The lowest BCUT2D eigenvalue weighted by Crippen LogP contribution is -1.64. The fourth-order valence-electron chi connectivity index (χ4n) is 0.328. The Hall–Kier alpha value is 0.320. The fraction of sp³-hybridized carbons (Fsp3) is 0. The van der Waals surface area contributed by atoms with E-state index in [9.17, 15) is 0 Å². The third-order valence-corrected chi connectivity index (χ3v) is 3.45. The third-order valence-electron chi connectivity index (χ3n) is 0.699. The molecule has 0 N–H and O–H groups in total. The van der Waals surface area contributed by atoms with E-state index >= 15 is 0 Å². The Balaban J connectivity index is 3.01. The molecule has 1 rings (SSSR count). The van der Waals surface area contributed by atoms with Gasteiger partial charge < -0.3 is 0 Å². The van der Waals surface area contributed by atoms with Crippen LogP contribution < -0.4 is 0 Å². The van der Waals surface area contributed by atoms with Crippen molar-refractivity contribution in [2.24, 2.45) is 9.98 Å². The van der Waals surface area contributed by atoms with Crippen LogP contribution in [0.4, 0.5) is 0 Å². The SMILES string of the molecule is IC1=CN=C=NC=C1I. The quantitative estimate of drug-likeness (QED) is 0.604. The summed E-state index contributed by atoms with van der Waals surface area (Å²) in [6.45, 7) is 0. The summed E-state index contributed by atoms with van der Waals surface area (Å²) < 4.78 is 2.20. The van der Waals surface area contributed by atoms with Crippen molar-refractivity contribution in [1.29, 1.82) is 0 Å². The maximum Gasteiger partial charge on any atom is 0.0993 e. The summed E-state index contributed by atoms with van der Waals surface area (Å²) >= 11 is 4.40. The maximum absolute atomic E-state index is 3.76. The molecule has 0 spiro atoms. The minimum Gasteiger partial charge on any atom is -0.194 e. The van der Waals surface area contributed by atoms with E-state index in [1.165, 1.54) is 0 Å². The average molecular weight is 344 g/mol. The van der Waals surface area contributed by atoms with Gasteiger partial charge in [-0.2, -0.15) is 9.98 Å². The van der Waals surface area contributed by atoms with E-state index in [2.05, 4.69) is 61.2 Å². The van der Waals surface area contributed by atoms with E-state index in [1.54, 1.807) is 12.4 Å². The first kappa shape index (κ1) is 7.43. The smallest absolute Gasteiger partial charge is 0.0993 e. The summed E-state index contributed by atoms with van der Waals surface area (Å²) in [7, 11) is 0. The van der Waals surface area contributed by atoms with E-state index in [1.807, 2.05) is 0 Å². The molecule has 1 heterocycles. The molecule has 0 aromatic rings. The van der Waals surface area contributed by atoms with Crippen LogP contribution in [0.5, 0.6) is 0 Å². The largest absolute Gasteiger partial charge is 0.194 e. The van der Waals surface area contributed by atoms with E-state index in [0.717, 1.165) is 7.16 Å². The molecule has 0 aliphatic carbocycles. The molecule has 4 heteroatoms. The lowest BCUT2D eigenvalue weighted by atomic mass is 10.6. The molecule has 0 fully saturated rings. The normalized spacial score (nSPS) is 16.7. The molecule has 0 saturated heterocycles. The van der Waals surface area contributed by atoms with Crippen LogP contribution in [0, 0.1) is 0 Å². The first-order chi connectivity index (χ1) is 4.30. The number of nitrogens with zero attached hydrogens (tertiary/aromatic N) is 2. The van der Waals surface area contributed by atoms with Crippen molar-refractivity contribution < 1.29 is 0 Å². The van der Waals surface area contributed by atoms with Crippen molar-refractivity contribution in [3.05, 3.63) is 19.6 Å². The average Bonchev–Trinajstić information content (AvgIpc) is 1.99. The van der Waals surface area contributed by atoms with Crippen LogP contribution >= 0.6 is 45.2 Å². The second kappa shape index (κ2) is 3.48. The van der Waals surface area contributed by atoms with Gasteiger partial charge in [0.2, 0.25) is 0 Å². The number of hydrogen-bond acceptors (Lipinski definition) is 2. The summed E-state index contributed by atoms with van der Waals surface area (Å²) in [6, 6.07) is 2.50. The standard InChI is InChI=1S/C5H2I2N2/c6-4-1-8-3-9-2-5(4)7/h1-2H. The lowest BCUT2D eigenvalue weighted by molar-refractivity contribution is 1.57. The van der Waals surface area contributed by atoms with Crippen molar-refractivity contribution in [3.63, 3.8) is 0 Å². The molecule has 0 aromatic carbocycles. The first-order valence-corrected chi connectivity index (χ1v) is 4.33. The van der Waals surface area contributed by atoms with Crippen molar-refractivity contribution in [2.45, 2.75) is 0 Å². The summed E-state index contributed by atoms with van der Waals surface area (Å²) in [4.78, 5) is 7.52. The van der Waals surface area contributed by atoms with Gasteiger partial charge in [-0.3, -0.25) is 0 Å². The highest BCUT2D eigenvalue weighted by Crippen LogP contribution is 2.24. The number of allylic oxidation sites excluding steroid dienone is 2. The summed E-state index contributed by atoms with van der Waals surface area (Å²) in [5.74, 6) is 0. The van der Waals surface area contributed by atoms with Crippen LogP contribution in [0.15, 0.2) is 29.5 Å². The molecule has 0 bridgehead atoms. The molecule has 1 aliphatic heterocycles. The minimum absolute atomic E-state index is 1.10. The minimum atomic E-state index is 1.10. The summed E-state index contributed by atoms with van der Waals surface area (Å²) in [5.41, 5.74) is 0. The van der Waals surface area contributed by atoms with Crippen molar-refractivity contribution in [2.75, 3.05) is 0 Å². The van der Waals surface area contributed by atoms with Crippen LogP contribution in [0.3, 0.4) is 0 Å². The fourth-order valence-corrected chi connectivity index (χ4v) is 0.885. The van der Waals surface area contributed by atoms with Crippen LogP contribution in [0.2, 0.25) is 0 Å². The molecule has 0 radical (unpaired) electrons. The van der Waals surface area contributed by atoms with Crippen LogP contribution in [0.25, 0.3) is 0 Å². The monoisotopic (exact) mass is 344 g/mol. The highest BCUT2D eigenvalue weighted by Gasteiger charge is 1.95. The topological polar surface area (TPSA) is 24.7 Å². The van der Waals surface area contributed by atoms with Crippen molar-refractivity contribution in [3.8, 4) is 0 Å². The third kappa shape index (κ3) is 2.19. The van der Waals surface area contributed by atoms with Gasteiger partial charge in [0.15, 0.2) is 0 Å². The van der Waals surface area contributed by atoms with Crippen LogP contribution in [-0.2, 0) is 0 Å². The zero-order valence-corrected chi connectivity index (χ0v) is 8.62. The second-order valence-corrected chi connectivity index (χ2v) is 3.64. The molecular weight excluding hydrogens is 342 g/mol. The predicted molar refractivity (Wildman–Crippen MR) is 54.1 cm³/mol. The van der Waals surface area contributed by atoms with Gasteiger partial charge in [0.05, 0.1) is 18.4 Å². The van der Waals surface area contributed by atoms with Gasteiger partial charge in [0, 0.05) is 7.16 Å². The number of hydrogen-bond donors (Lipinski definition) is 0. The molecule has 1 aliphatic rings.